The van der Waals surface area contributed by atoms with Crippen molar-refractivity contribution in [2.45, 2.75) is 51.1 Å². The quantitative estimate of drug-likeness (QED) is 0.272. The number of esters is 1. The Bertz CT molecular complexity index is 1440. The van der Waals surface area contributed by atoms with Gasteiger partial charge in [0, 0.05) is 38.7 Å². The predicted octanol–water partition coefficient (Wildman–Crippen LogP) is 3.60. The Balaban J connectivity index is 1.63. The number of fused-ring (bicyclic) bond motifs is 1. The fourth-order valence-electron chi connectivity index (χ4n) is 5.63. The summed E-state index contributed by atoms with van der Waals surface area (Å²) in [6, 6.07) is 2.99. The summed E-state index contributed by atoms with van der Waals surface area (Å²) < 4.78 is 33.5. The van der Waals surface area contributed by atoms with Gasteiger partial charge in [0.25, 0.3) is 5.91 Å². The average molecular weight is 576 g/mol. The van der Waals surface area contributed by atoms with Crippen LogP contribution in [-0.4, -0.2) is 63.0 Å². The number of amides is 1. The summed E-state index contributed by atoms with van der Waals surface area (Å²) in [5, 5.41) is 28.8. The number of thioether (sulfide) groups is 1. The maximum atomic E-state index is 14.0. The summed E-state index contributed by atoms with van der Waals surface area (Å²) in [4.78, 5) is 40.1. The van der Waals surface area contributed by atoms with Gasteiger partial charge in [-0.25, -0.2) is 8.78 Å². The van der Waals surface area contributed by atoms with Crippen molar-refractivity contribution in [2.24, 2.45) is 5.92 Å². The summed E-state index contributed by atoms with van der Waals surface area (Å²) in [5.41, 5.74) is -2.10. The lowest BCUT2D eigenvalue weighted by atomic mass is 9.78. The third kappa shape index (κ3) is 5.21. The monoisotopic (exact) mass is 575 g/mol. The Morgan fingerprint density at radius 3 is 2.50 bits per heavy atom. The minimum atomic E-state index is -0.931. The van der Waals surface area contributed by atoms with Crippen LogP contribution in [-0.2, 0) is 16.0 Å². The number of pyridine rings is 1. The first kappa shape index (κ1) is 29.2. The Morgan fingerprint density at radius 1 is 1.23 bits per heavy atom. The van der Waals surface area contributed by atoms with Crippen molar-refractivity contribution >= 4 is 33.7 Å². The first-order valence-corrected chi connectivity index (χ1v) is 13.6. The van der Waals surface area contributed by atoms with Gasteiger partial charge < -0.3 is 14.7 Å². The third-order valence-electron chi connectivity index (χ3n) is 7.78. The first-order valence-electron chi connectivity index (χ1n) is 12.8. The lowest BCUT2D eigenvalue weighted by Gasteiger charge is -2.56. The topological polar surface area (TPSA) is 140 Å². The number of nitrogens with zero attached hydrogens (tertiary/aromatic N) is 3. The number of hydrogen-bond donors (Lipinski definition) is 3. The molecule has 214 valence electrons. The molecule has 0 saturated heterocycles. The molecule has 13 heteroatoms. The zero-order valence-corrected chi connectivity index (χ0v) is 23.2. The molecule has 0 unspecified atom stereocenters. The van der Waals surface area contributed by atoms with Crippen molar-refractivity contribution in [1.29, 1.82) is 10.8 Å². The highest BCUT2D eigenvalue weighted by atomic mass is 32.2. The molecule has 2 heterocycles. The zero-order chi connectivity index (χ0) is 29.4. The van der Waals surface area contributed by atoms with Gasteiger partial charge in [-0.15, -0.1) is 0 Å². The third-order valence-corrected chi connectivity index (χ3v) is 8.60. The molecular weight excluding hydrogens is 544 g/mol. The molecular formula is C27H31F2N5O5S. The Kier molecular flexibility index (Phi) is 8.33. The summed E-state index contributed by atoms with van der Waals surface area (Å²) >= 11 is 0.600. The Labute approximate surface area is 233 Å². The van der Waals surface area contributed by atoms with Crippen LogP contribution in [0.1, 0.15) is 60.6 Å². The van der Waals surface area contributed by atoms with Gasteiger partial charge in [0.1, 0.15) is 22.3 Å². The van der Waals surface area contributed by atoms with E-state index in [0.717, 1.165) is 6.07 Å². The van der Waals surface area contributed by atoms with Crippen molar-refractivity contribution in [3.8, 4) is 5.75 Å². The van der Waals surface area contributed by atoms with Gasteiger partial charge in [0.15, 0.2) is 11.4 Å². The van der Waals surface area contributed by atoms with E-state index in [-0.39, 0.29) is 51.6 Å². The normalized spacial score (nSPS) is 20.4. The Morgan fingerprint density at radius 2 is 1.90 bits per heavy atom. The van der Waals surface area contributed by atoms with Crippen LogP contribution in [0.5, 0.6) is 5.75 Å². The lowest BCUT2D eigenvalue weighted by molar-refractivity contribution is -0.142. The number of aromatic hydroxyl groups is 1. The second-order valence-electron chi connectivity index (χ2n) is 9.96. The van der Waals surface area contributed by atoms with E-state index in [1.807, 2.05) is 6.92 Å². The molecule has 1 aromatic heterocycles. The smallest absolute Gasteiger partial charge is 0.305 e. The van der Waals surface area contributed by atoms with Crippen LogP contribution in [0.2, 0.25) is 0 Å². The second kappa shape index (κ2) is 11.4. The number of nitrogens with one attached hydrogen (secondary N) is 2. The van der Waals surface area contributed by atoms with Crippen LogP contribution in [0.25, 0.3) is 0 Å². The average Bonchev–Trinajstić information content (AvgIpc) is 2.91. The van der Waals surface area contributed by atoms with Gasteiger partial charge in [-0.05, 0) is 50.2 Å². The van der Waals surface area contributed by atoms with Gasteiger partial charge in [-0.3, -0.25) is 34.9 Å². The van der Waals surface area contributed by atoms with E-state index in [0.29, 0.717) is 50.1 Å². The number of rotatable bonds is 6. The standard InChI is InChI=1S/C27H31F2N5O5S/c1-4-33-26(38)22-24(37)23(36)18(25(31)40-20(30)12-16-5-6-17(28)13-19(16)29)14-34(22)32(2)27(33)9-7-15(8-10-27)11-21(35)39-3/h5-6,13-15,30-31,37H,4,7-12H2,1-3H3. The van der Waals surface area contributed by atoms with Crippen molar-refractivity contribution < 1.29 is 28.2 Å². The van der Waals surface area contributed by atoms with Crippen molar-refractivity contribution in [3.63, 3.8) is 0 Å². The number of methoxy groups -OCH3 is 1. The van der Waals surface area contributed by atoms with E-state index in [1.165, 1.54) is 24.0 Å². The molecule has 3 N–H and O–H groups in total. The maximum absolute atomic E-state index is 14.0. The molecule has 1 aromatic carbocycles. The van der Waals surface area contributed by atoms with E-state index < -0.39 is 34.4 Å². The molecule has 1 fully saturated rings. The summed E-state index contributed by atoms with van der Waals surface area (Å²) in [7, 11) is 3.09. The molecule has 0 bridgehead atoms. The van der Waals surface area contributed by atoms with E-state index in [1.54, 1.807) is 17.0 Å². The summed E-state index contributed by atoms with van der Waals surface area (Å²) in [6.45, 7) is 2.14. The molecule has 10 nitrogen and oxygen atoms in total. The minimum absolute atomic E-state index is 0.0615. The molecule has 1 saturated carbocycles. The highest BCUT2D eigenvalue weighted by molar-refractivity contribution is 8.26. The number of carbonyl (C=O) groups excluding carboxylic acids is 2. The lowest BCUT2D eigenvalue weighted by Crippen LogP contribution is -2.70. The number of carbonyl (C=O) groups is 2. The number of hydrogen-bond acceptors (Lipinski definition) is 9. The van der Waals surface area contributed by atoms with E-state index in [2.05, 4.69) is 0 Å². The van der Waals surface area contributed by atoms with Gasteiger partial charge in [-0.1, -0.05) is 17.8 Å². The van der Waals surface area contributed by atoms with Crippen LogP contribution in [0.3, 0.4) is 0 Å². The van der Waals surface area contributed by atoms with Gasteiger partial charge in [0.05, 0.1) is 17.7 Å². The predicted molar refractivity (Wildman–Crippen MR) is 147 cm³/mol. The van der Waals surface area contributed by atoms with Crippen LogP contribution in [0.15, 0.2) is 29.2 Å². The summed E-state index contributed by atoms with van der Waals surface area (Å²) in [5.74, 6) is -3.09. The van der Waals surface area contributed by atoms with Crippen LogP contribution in [0, 0.1) is 28.4 Å². The van der Waals surface area contributed by atoms with Crippen molar-refractivity contribution in [3.05, 3.63) is 63.1 Å². The molecule has 1 amide bonds. The molecule has 2 aliphatic rings. The molecule has 0 atom stereocenters. The second-order valence-corrected chi connectivity index (χ2v) is 11.1. The molecule has 0 radical (unpaired) electrons. The molecule has 1 spiro atoms. The Hall–Kier alpha value is -3.74. The largest absolute Gasteiger partial charge is 0.502 e. The van der Waals surface area contributed by atoms with Crippen LogP contribution < -0.4 is 10.4 Å². The van der Waals surface area contributed by atoms with E-state index in [4.69, 9.17) is 15.6 Å². The number of aromatic nitrogens is 1. The highest BCUT2D eigenvalue weighted by Crippen LogP contribution is 2.43. The number of benzene rings is 1. The first-order chi connectivity index (χ1) is 18.9. The number of halogens is 2. The number of ether oxygens (including phenoxy) is 1. The van der Waals surface area contributed by atoms with E-state index in [9.17, 15) is 28.3 Å². The highest BCUT2D eigenvalue weighted by Gasteiger charge is 2.51. The van der Waals surface area contributed by atoms with Crippen molar-refractivity contribution in [1.82, 2.24) is 9.58 Å². The summed E-state index contributed by atoms with van der Waals surface area (Å²) in [6.07, 6.45) is 3.75. The molecule has 1 aliphatic carbocycles. The minimum Gasteiger partial charge on any atom is -0.502 e. The molecule has 2 aromatic rings. The van der Waals surface area contributed by atoms with Gasteiger partial charge >= 0.3 is 5.97 Å². The maximum Gasteiger partial charge on any atom is 0.305 e. The van der Waals surface area contributed by atoms with Crippen LogP contribution >= 0.6 is 11.8 Å². The zero-order valence-electron chi connectivity index (χ0n) is 22.4. The molecule has 40 heavy (non-hydrogen) atoms. The molecule has 4 rings (SSSR count). The fraction of sp³-hybridized carbons (Fsp3) is 0.444. The van der Waals surface area contributed by atoms with E-state index >= 15 is 0 Å². The SMILES string of the molecule is CCN1C(=O)c2c(O)c(=O)c(C(=N)SC(=N)Cc3ccc(F)cc3F)cn2N(C)C12CCC(CC(=O)OC)CC2. The fourth-order valence-corrected chi connectivity index (χ4v) is 6.36. The van der Waals surface area contributed by atoms with Gasteiger partial charge in [-0.2, -0.15) is 0 Å². The molecule has 1 aliphatic heterocycles. The van der Waals surface area contributed by atoms with Crippen molar-refractivity contribution in [2.75, 3.05) is 25.7 Å². The van der Waals surface area contributed by atoms with Gasteiger partial charge in [0.2, 0.25) is 5.43 Å². The van der Waals surface area contributed by atoms with Crippen LogP contribution in [0.4, 0.5) is 8.78 Å².